The third-order valence-corrected chi connectivity index (χ3v) is 9.22. The molecule has 0 radical (unpaired) electrons. The standard InChI is InChI=1S/C29H25FN4O4S/c1-38-23-5-4-6-24(17-23)39(36,37)33-14-12-19-16-27-20(18-32-34(27)22-10-8-21(30)9-11-22)15-25(19)28(33)29(35)26-7-2-3-13-31-26/h2-11,13,16-18,25,28H,12,14-15H2,1H3/t25?,28-/m0/s1. The van der Waals surface area contributed by atoms with Crippen molar-refractivity contribution in [1.82, 2.24) is 19.1 Å². The topological polar surface area (TPSA) is 94.4 Å². The number of carbonyl (C=O) groups is 1. The molecule has 6 rings (SSSR count). The summed E-state index contributed by atoms with van der Waals surface area (Å²) in [6, 6.07) is 16.4. The molecule has 2 aromatic heterocycles. The van der Waals surface area contributed by atoms with Gasteiger partial charge in [-0.15, -0.1) is 0 Å². The highest BCUT2D eigenvalue weighted by Gasteiger charge is 2.47. The molecule has 1 fully saturated rings. The number of Topliss-reactive ketones (excluding diaryl/α,β-unsaturated/α-hetero) is 1. The van der Waals surface area contributed by atoms with Gasteiger partial charge < -0.3 is 4.74 Å². The highest BCUT2D eigenvalue weighted by Crippen LogP contribution is 2.41. The first-order chi connectivity index (χ1) is 18.9. The van der Waals surface area contributed by atoms with Crippen molar-refractivity contribution in [1.29, 1.82) is 0 Å². The number of benzene rings is 2. The SMILES string of the molecule is COc1cccc(S(=O)(=O)N2CCC3=Cc4c(cnn4-c4ccc(F)cc4)CC3[C@H]2C(=O)c2ccccn2)c1. The number of hydrogen-bond donors (Lipinski definition) is 0. The van der Waals surface area contributed by atoms with Crippen LogP contribution in [0.15, 0.2) is 89.6 Å². The number of aromatic nitrogens is 3. The Kier molecular flexibility index (Phi) is 6.36. The van der Waals surface area contributed by atoms with Crippen LogP contribution in [0.25, 0.3) is 11.8 Å². The highest BCUT2D eigenvalue weighted by molar-refractivity contribution is 7.89. The maximum atomic E-state index is 14.0. The predicted molar refractivity (Wildman–Crippen MR) is 143 cm³/mol. The van der Waals surface area contributed by atoms with Gasteiger partial charge in [-0.25, -0.2) is 17.5 Å². The molecule has 2 aliphatic rings. The summed E-state index contributed by atoms with van der Waals surface area (Å²) >= 11 is 0. The lowest BCUT2D eigenvalue weighted by molar-refractivity contribution is 0.0821. The Morgan fingerprint density at radius 3 is 2.64 bits per heavy atom. The van der Waals surface area contributed by atoms with Gasteiger partial charge in [-0.05, 0) is 73.0 Å². The number of ether oxygens (including phenoxy) is 1. The van der Waals surface area contributed by atoms with E-state index in [1.165, 1.54) is 41.9 Å². The van der Waals surface area contributed by atoms with Crippen LogP contribution in [-0.2, 0) is 16.4 Å². The number of fused-ring (bicyclic) bond motifs is 2. The predicted octanol–water partition coefficient (Wildman–Crippen LogP) is 4.32. The summed E-state index contributed by atoms with van der Waals surface area (Å²) in [5, 5.41) is 4.52. The molecule has 1 aliphatic carbocycles. The van der Waals surface area contributed by atoms with E-state index in [2.05, 4.69) is 10.1 Å². The van der Waals surface area contributed by atoms with E-state index in [0.29, 0.717) is 24.3 Å². The Hall–Kier alpha value is -4.15. The number of piperidine rings is 1. The molecule has 10 heteroatoms. The molecular formula is C29H25FN4O4S. The number of sulfonamides is 1. The second-order valence-corrected chi connectivity index (χ2v) is 11.4. The van der Waals surface area contributed by atoms with Crippen molar-refractivity contribution in [3.05, 3.63) is 107 Å². The van der Waals surface area contributed by atoms with E-state index < -0.39 is 22.0 Å². The van der Waals surface area contributed by atoms with Gasteiger partial charge in [0.15, 0.2) is 5.78 Å². The van der Waals surface area contributed by atoms with E-state index in [4.69, 9.17) is 4.74 Å². The van der Waals surface area contributed by atoms with Crippen molar-refractivity contribution in [3.8, 4) is 11.4 Å². The largest absolute Gasteiger partial charge is 0.497 e. The molecule has 3 heterocycles. The van der Waals surface area contributed by atoms with E-state index in [1.54, 1.807) is 53.3 Å². The van der Waals surface area contributed by atoms with Crippen LogP contribution in [0, 0.1) is 11.7 Å². The van der Waals surface area contributed by atoms with Crippen molar-refractivity contribution >= 4 is 21.9 Å². The number of pyridine rings is 1. The summed E-state index contributed by atoms with van der Waals surface area (Å²) < 4.78 is 49.8. The molecule has 8 nitrogen and oxygen atoms in total. The average Bonchev–Trinajstić information content (AvgIpc) is 3.38. The van der Waals surface area contributed by atoms with Gasteiger partial charge in [0.1, 0.15) is 17.3 Å². The molecule has 0 saturated carbocycles. The maximum absolute atomic E-state index is 14.0. The zero-order valence-corrected chi connectivity index (χ0v) is 21.9. The molecule has 1 saturated heterocycles. The van der Waals surface area contributed by atoms with Gasteiger partial charge in [-0.2, -0.15) is 9.40 Å². The van der Waals surface area contributed by atoms with Crippen molar-refractivity contribution in [2.24, 2.45) is 5.92 Å². The fourth-order valence-electron chi connectivity index (χ4n) is 5.43. The van der Waals surface area contributed by atoms with Gasteiger partial charge in [0.05, 0.1) is 35.6 Å². The normalized spacial score (nSPS) is 19.1. The van der Waals surface area contributed by atoms with Crippen molar-refractivity contribution < 1.29 is 22.3 Å². The molecule has 0 spiro atoms. The molecule has 0 bridgehead atoms. The van der Waals surface area contributed by atoms with Crippen molar-refractivity contribution in [2.75, 3.05) is 13.7 Å². The Morgan fingerprint density at radius 2 is 1.90 bits per heavy atom. The Balaban J connectivity index is 1.43. The number of carbonyl (C=O) groups excluding carboxylic acids is 1. The molecular weight excluding hydrogens is 519 g/mol. The summed E-state index contributed by atoms with van der Waals surface area (Å²) in [5.41, 5.74) is 3.63. The maximum Gasteiger partial charge on any atom is 0.243 e. The van der Waals surface area contributed by atoms with Crippen LogP contribution in [0.4, 0.5) is 4.39 Å². The monoisotopic (exact) mass is 544 g/mol. The molecule has 4 aromatic rings. The summed E-state index contributed by atoms with van der Waals surface area (Å²) in [6.07, 6.45) is 6.13. The van der Waals surface area contributed by atoms with Crippen LogP contribution in [0.2, 0.25) is 0 Å². The minimum Gasteiger partial charge on any atom is -0.497 e. The van der Waals surface area contributed by atoms with E-state index in [0.717, 1.165) is 16.8 Å². The zero-order valence-electron chi connectivity index (χ0n) is 21.1. The first-order valence-corrected chi connectivity index (χ1v) is 14.0. The number of hydrogen-bond acceptors (Lipinski definition) is 6. The third kappa shape index (κ3) is 4.45. The van der Waals surface area contributed by atoms with Gasteiger partial charge in [0, 0.05) is 24.7 Å². The second kappa shape index (κ2) is 9.87. The van der Waals surface area contributed by atoms with Gasteiger partial charge in [0.2, 0.25) is 10.0 Å². The number of ketones is 1. The molecule has 1 aliphatic heterocycles. The van der Waals surface area contributed by atoms with Crippen LogP contribution < -0.4 is 4.74 Å². The number of nitrogens with zero attached hydrogens (tertiary/aromatic N) is 4. The van der Waals surface area contributed by atoms with Crippen molar-refractivity contribution in [3.63, 3.8) is 0 Å². The van der Waals surface area contributed by atoms with Gasteiger partial charge in [-0.3, -0.25) is 9.78 Å². The van der Waals surface area contributed by atoms with Crippen LogP contribution >= 0.6 is 0 Å². The molecule has 198 valence electrons. The zero-order chi connectivity index (χ0) is 27.1. The number of methoxy groups -OCH3 is 1. The lowest BCUT2D eigenvalue weighted by Crippen LogP contribution is -2.54. The molecule has 39 heavy (non-hydrogen) atoms. The van der Waals surface area contributed by atoms with E-state index >= 15 is 0 Å². The van der Waals surface area contributed by atoms with Crippen LogP contribution in [0.3, 0.4) is 0 Å². The van der Waals surface area contributed by atoms with Crippen LogP contribution in [0.1, 0.15) is 28.2 Å². The summed E-state index contributed by atoms with van der Waals surface area (Å²) in [7, 11) is -2.57. The van der Waals surface area contributed by atoms with E-state index in [-0.39, 0.29) is 28.7 Å². The van der Waals surface area contributed by atoms with Gasteiger partial charge >= 0.3 is 0 Å². The smallest absolute Gasteiger partial charge is 0.243 e. The summed E-state index contributed by atoms with van der Waals surface area (Å²) in [4.78, 5) is 18.3. The fourth-order valence-corrected chi connectivity index (χ4v) is 7.09. The summed E-state index contributed by atoms with van der Waals surface area (Å²) in [5.74, 6) is -0.672. The molecule has 1 unspecified atom stereocenters. The molecule has 2 atom stereocenters. The van der Waals surface area contributed by atoms with E-state index in [9.17, 15) is 17.6 Å². The van der Waals surface area contributed by atoms with Gasteiger partial charge in [0.25, 0.3) is 0 Å². The molecule has 0 amide bonds. The van der Waals surface area contributed by atoms with Crippen molar-refractivity contribution in [2.45, 2.75) is 23.8 Å². The lowest BCUT2D eigenvalue weighted by atomic mass is 9.76. The highest BCUT2D eigenvalue weighted by atomic mass is 32.2. The second-order valence-electron chi connectivity index (χ2n) is 9.54. The minimum absolute atomic E-state index is 0.0636. The fraction of sp³-hybridized carbons (Fsp3) is 0.207. The van der Waals surface area contributed by atoms with Crippen LogP contribution in [0.5, 0.6) is 5.75 Å². The Labute approximate surface area is 225 Å². The van der Waals surface area contributed by atoms with Crippen LogP contribution in [-0.4, -0.2) is 53.0 Å². The minimum atomic E-state index is -4.05. The van der Waals surface area contributed by atoms with E-state index in [1.807, 2.05) is 6.08 Å². The Bertz CT molecular complexity index is 1680. The number of halogens is 1. The Morgan fingerprint density at radius 1 is 1.08 bits per heavy atom. The first-order valence-electron chi connectivity index (χ1n) is 12.5. The average molecular weight is 545 g/mol. The third-order valence-electron chi connectivity index (χ3n) is 7.34. The molecule has 0 N–H and O–H groups in total. The number of rotatable bonds is 6. The lowest BCUT2D eigenvalue weighted by Gasteiger charge is -2.42. The quantitative estimate of drug-likeness (QED) is 0.336. The molecule has 2 aromatic carbocycles. The first kappa shape index (κ1) is 25.1. The van der Waals surface area contributed by atoms with Gasteiger partial charge in [-0.1, -0.05) is 17.7 Å². The summed E-state index contributed by atoms with van der Waals surface area (Å²) in [6.45, 7) is 0.130.